The molecule has 0 aliphatic heterocycles. The lowest BCUT2D eigenvalue weighted by Gasteiger charge is -2.27. The van der Waals surface area contributed by atoms with Crippen molar-refractivity contribution in [2.45, 2.75) is 303 Å². The molecular formula is C63H120N2O7P+. The molecule has 9 nitrogen and oxygen atoms in total. The van der Waals surface area contributed by atoms with E-state index in [0.717, 1.165) is 64.2 Å². The first-order valence-electron chi connectivity index (χ1n) is 31.0. The fraction of sp³-hybridized carbons (Fsp3) is 0.841. The zero-order valence-electron chi connectivity index (χ0n) is 48.9. The molecule has 428 valence electrons. The van der Waals surface area contributed by atoms with Crippen LogP contribution in [0.2, 0.25) is 0 Å². The van der Waals surface area contributed by atoms with Gasteiger partial charge in [-0.3, -0.25) is 18.6 Å². The van der Waals surface area contributed by atoms with Crippen LogP contribution in [0.4, 0.5) is 0 Å². The monoisotopic (exact) mass is 1050 g/mol. The van der Waals surface area contributed by atoms with Gasteiger partial charge in [0.25, 0.3) is 0 Å². The number of hydrogen-bond acceptors (Lipinski definition) is 6. The number of rotatable bonds is 56. The molecule has 0 spiro atoms. The predicted octanol–water partition coefficient (Wildman–Crippen LogP) is 18.9. The smallest absolute Gasteiger partial charge is 0.456 e. The van der Waals surface area contributed by atoms with Gasteiger partial charge in [0.2, 0.25) is 5.91 Å². The van der Waals surface area contributed by atoms with Gasteiger partial charge in [0, 0.05) is 12.8 Å². The molecule has 0 radical (unpaired) electrons. The molecule has 0 bridgehead atoms. The normalized spacial score (nSPS) is 14.0. The van der Waals surface area contributed by atoms with Gasteiger partial charge in [-0.25, -0.2) is 4.57 Å². The molecule has 0 aliphatic rings. The van der Waals surface area contributed by atoms with Crippen molar-refractivity contribution >= 4 is 19.7 Å². The first-order valence-corrected chi connectivity index (χ1v) is 32.5. The molecule has 0 fully saturated rings. The summed E-state index contributed by atoms with van der Waals surface area (Å²) in [6.45, 7) is 6.99. The Bertz CT molecular complexity index is 1390. The number of ether oxygens (including phenoxy) is 1. The van der Waals surface area contributed by atoms with Crippen LogP contribution in [-0.4, -0.2) is 74.3 Å². The summed E-state index contributed by atoms with van der Waals surface area (Å²) in [7, 11) is 1.49. The molecular weight excluding hydrogens is 928 g/mol. The summed E-state index contributed by atoms with van der Waals surface area (Å²) in [4.78, 5) is 37.7. The van der Waals surface area contributed by atoms with Crippen molar-refractivity contribution in [1.82, 2.24) is 5.32 Å². The standard InChI is InChI=1S/C63H119N2O7P/c1-7-10-13-16-19-22-25-27-29-31-32-34-35-37-40-43-46-49-52-55-62(66)64-60(59-71-73(68,69)70-58-57-65(4,5)6)61(54-51-48-45-42-39-24-21-18-15-12-9-3)72-63(67)56-53-50-47-44-41-38-36-33-30-28-26-23-20-17-14-11-8-2/h19,22,27-30,51,54,60-61H,7-18,20-21,23-26,31-50,52-53,55-59H2,1-6H3,(H-,64,66,68,69)/p+1/b22-19-,29-27-,30-28+,54-51+. The van der Waals surface area contributed by atoms with Gasteiger partial charge in [0.15, 0.2) is 0 Å². The van der Waals surface area contributed by atoms with Gasteiger partial charge in [0.1, 0.15) is 19.3 Å². The number of quaternary nitrogens is 1. The highest BCUT2D eigenvalue weighted by Gasteiger charge is 2.30. The highest BCUT2D eigenvalue weighted by atomic mass is 31.2. The zero-order valence-corrected chi connectivity index (χ0v) is 49.8. The van der Waals surface area contributed by atoms with Crippen LogP contribution in [0, 0.1) is 0 Å². The average molecular weight is 1050 g/mol. The Labute approximate surface area is 452 Å². The Kier molecular flexibility index (Phi) is 51.9. The van der Waals surface area contributed by atoms with Crippen LogP contribution in [0.1, 0.15) is 290 Å². The number of hydrogen-bond donors (Lipinski definition) is 2. The van der Waals surface area contributed by atoms with Crippen molar-refractivity contribution in [2.24, 2.45) is 0 Å². The molecule has 0 rings (SSSR count). The summed E-state index contributed by atoms with van der Waals surface area (Å²) in [6.07, 6.45) is 65.3. The van der Waals surface area contributed by atoms with Crippen LogP contribution in [0.25, 0.3) is 0 Å². The van der Waals surface area contributed by atoms with Gasteiger partial charge in [-0.05, 0) is 89.5 Å². The summed E-state index contributed by atoms with van der Waals surface area (Å²) in [5, 5.41) is 3.05. The van der Waals surface area contributed by atoms with Crippen LogP contribution in [0.3, 0.4) is 0 Å². The minimum Gasteiger partial charge on any atom is -0.456 e. The van der Waals surface area contributed by atoms with Crippen LogP contribution < -0.4 is 5.32 Å². The molecule has 0 aliphatic carbocycles. The third-order valence-electron chi connectivity index (χ3n) is 13.7. The quantitative estimate of drug-likeness (QED) is 0.0205. The van der Waals surface area contributed by atoms with Crippen molar-refractivity contribution in [2.75, 3.05) is 40.9 Å². The van der Waals surface area contributed by atoms with Gasteiger partial charge >= 0.3 is 13.8 Å². The Morgan fingerprint density at radius 3 is 1.27 bits per heavy atom. The first-order chi connectivity index (χ1) is 35.4. The molecule has 73 heavy (non-hydrogen) atoms. The highest BCUT2D eigenvalue weighted by Crippen LogP contribution is 2.43. The molecule has 0 aromatic carbocycles. The first kappa shape index (κ1) is 71.0. The maximum Gasteiger partial charge on any atom is 0.472 e. The molecule has 3 atom stereocenters. The number of unbranched alkanes of at least 4 members (excludes halogenated alkanes) is 34. The van der Waals surface area contributed by atoms with Crippen molar-refractivity contribution in [1.29, 1.82) is 0 Å². The maximum atomic E-state index is 13.5. The van der Waals surface area contributed by atoms with Crippen LogP contribution >= 0.6 is 7.82 Å². The largest absolute Gasteiger partial charge is 0.472 e. The number of likely N-dealkylation sites (N-methyl/N-ethyl adjacent to an activating group) is 1. The molecule has 3 unspecified atom stereocenters. The summed E-state index contributed by atoms with van der Waals surface area (Å²) in [5.74, 6) is -0.508. The molecule has 1 amide bonds. The van der Waals surface area contributed by atoms with Crippen LogP contribution in [0.15, 0.2) is 48.6 Å². The van der Waals surface area contributed by atoms with Crippen LogP contribution in [0.5, 0.6) is 0 Å². The topological polar surface area (TPSA) is 111 Å². The molecule has 0 saturated carbocycles. The number of nitrogens with one attached hydrogen (secondary N) is 1. The number of carbonyl (C=O) groups excluding carboxylic acids is 2. The molecule has 0 heterocycles. The Morgan fingerprint density at radius 1 is 0.479 bits per heavy atom. The lowest BCUT2D eigenvalue weighted by atomic mass is 10.0. The number of phosphoric acid groups is 1. The lowest BCUT2D eigenvalue weighted by molar-refractivity contribution is -0.870. The van der Waals surface area contributed by atoms with E-state index in [0.29, 0.717) is 17.4 Å². The van der Waals surface area contributed by atoms with Crippen LogP contribution in [-0.2, 0) is 27.9 Å². The van der Waals surface area contributed by atoms with E-state index < -0.39 is 20.0 Å². The number of amides is 1. The van der Waals surface area contributed by atoms with E-state index in [1.807, 2.05) is 33.3 Å². The number of carbonyl (C=O) groups is 2. The molecule has 2 N–H and O–H groups in total. The van der Waals surface area contributed by atoms with E-state index in [4.69, 9.17) is 13.8 Å². The van der Waals surface area contributed by atoms with E-state index in [1.54, 1.807) is 0 Å². The minimum atomic E-state index is -4.45. The summed E-state index contributed by atoms with van der Waals surface area (Å²) in [5.41, 5.74) is 0. The third-order valence-corrected chi connectivity index (χ3v) is 14.7. The second kappa shape index (κ2) is 53.4. The number of nitrogens with zero attached hydrogens (tertiary/aromatic N) is 1. The summed E-state index contributed by atoms with van der Waals surface area (Å²) < 4.78 is 30.7. The minimum absolute atomic E-state index is 0.0389. The molecule has 0 saturated heterocycles. The van der Waals surface area contributed by atoms with Crippen molar-refractivity contribution < 1.29 is 37.3 Å². The zero-order chi connectivity index (χ0) is 53.6. The van der Waals surface area contributed by atoms with Gasteiger partial charge in [-0.15, -0.1) is 0 Å². The lowest BCUT2D eigenvalue weighted by Crippen LogP contribution is -2.47. The molecule has 0 aromatic rings. The Morgan fingerprint density at radius 2 is 0.836 bits per heavy atom. The molecule has 10 heteroatoms. The Balaban J connectivity index is 5.23. The maximum absolute atomic E-state index is 13.5. The highest BCUT2D eigenvalue weighted by molar-refractivity contribution is 7.47. The average Bonchev–Trinajstić information content (AvgIpc) is 3.35. The number of phosphoric ester groups is 1. The van der Waals surface area contributed by atoms with E-state index in [2.05, 4.69) is 62.5 Å². The fourth-order valence-corrected chi connectivity index (χ4v) is 9.64. The summed E-state index contributed by atoms with van der Waals surface area (Å²) >= 11 is 0. The van der Waals surface area contributed by atoms with Crippen molar-refractivity contribution in [3.63, 3.8) is 0 Å². The second-order valence-corrected chi connectivity index (χ2v) is 23.7. The summed E-state index contributed by atoms with van der Waals surface area (Å²) in [6, 6.07) is -0.851. The van der Waals surface area contributed by atoms with E-state index in [1.165, 1.54) is 193 Å². The van der Waals surface area contributed by atoms with Gasteiger partial charge in [-0.1, -0.05) is 237 Å². The van der Waals surface area contributed by atoms with E-state index >= 15 is 0 Å². The van der Waals surface area contributed by atoms with Gasteiger partial charge < -0.3 is 19.4 Å². The second-order valence-electron chi connectivity index (χ2n) is 22.2. The van der Waals surface area contributed by atoms with Gasteiger partial charge in [0.05, 0.1) is 33.8 Å². The number of esters is 1. The van der Waals surface area contributed by atoms with E-state index in [-0.39, 0.29) is 31.5 Å². The molecule has 0 aromatic heterocycles. The van der Waals surface area contributed by atoms with Gasteiger partial charge in [-0.2, -0.15) is 0 Å². The van der Waals surface area contributed by atoms with E-state index in [9.17, 15) is 19.0 Å². The predicted molar refractivity (Wildman–Crippen MR) is 314 cm³/mol. The number of allylic oxidation sites excluding steroid dienone is 7. The Hall–Kier alpha value is -2.03. The fourth-order valence-electron chi connectivity index (χ4n) is 8.91. The van der Waals surface area contributed by atoms with Crippen molar-refractivity contribution in [3.05, 3.63) is 48.6 Å². The SMILES string of the molecule is CCCCC/C=C\C/C=C\CCCCCCCCCCCC(=O)NC(COP(=O)(O)OCC[N+](C)(C)C)C(/C=C/CCCCCCCCCCC)OC(=O)CCCCCCCCC/C=C/CCCCCCCC. The van der Waals surface area contributed by atoms with Crippen molar-refractivity contribution in [3.8, 4) is 0 Å². The third kappa shape index (κ3) is 54.6.